The van der Waals surface area contributed by atoms with E-state index in [1.165, 1.54) is 12.0 Å². The van der Waals surface area contributed by atoms with Crippen molar-refractivity contribution < 1.29 is 14.6 Å². The van der Waals surface area contributed by atoms with Gasteiger partial charge in [0, 0.05) is 17.6 Å². The first kappa shape index (κ1) is 16.2. The first-order valence-corrected chi connectivity index (χ1v) is 6.44. The summed E-state index contributed by atoms with van der Waals surface area (Å²) in [5.74, 6) is 0.460. The molecule has 1 rings (SSSR count). The van der Waals surface area contributed by atoms with Gasteiger partial charge in [0.25, 0.3) is 0 Å². The molecule has 1 amide bonds. The number of aryl methyl sites for hydroxylation is 1. The number of carbonyl (C=O) groups is 1. The summed E-state index contributed by atoms with van der Waals surface area (Å²) >= 11 is 0. The number of rotatable bonds is 4. The van der Waals surface area contributed by atoms with Gasteiger partial charge in [-0.25, -0.2) is 9.78 Å². The molecule has 0 atom stereocenters. The largest absolute Gasteiger partial charge is 0.481 e. The van der Waals surface area contributed by atoms with Gasteiger partial charge in [0.15, 0.2) is 0 Å². The van der Waals surface area contributed by atoms with E-state index in [2.05, 4.69) is 4.98 Å². The van der Waals surface area contributed by atoms with Gasteiger partial charge in [-0.2, -0.15) is 0 Å². The minimum atomic E-state index is -0.973. The normalized spacial score (nSPS) is 11.3. The zero-order valence-corrected chi connectivity index (χ0v) is 12.7. The number of ether oxygens (including phenoxy) is 1. The number of pyridine rings is 1. The molecule has 6 heteroatoms. The van der Waals surface area contributed by atoms with Crippen LogP contribution in [0.5, 0.6) is 5.88 Å². The van der Waals surface area contributed by atoms with Crippen LogP contribution in [0.3, 0.4) is 0 Å². The van der Waals surface area contributed by atoms with Gasteiger partial charge in [-0.1, -0.05) is 0 Å². The predicted molar refractivity (Wildman–Crippen MR) is 76.7 cm³/mol. The molecular weight excluding hydrogens is 258 g/mol. The molecule has 3 N–H and O–H groups in total. The summed E-state index contributed by atoms with van der Waals surface area (Å²) in [5, 5.41) is 9.31. The van der Waals surface area contributed by atoms with Crippen LogP contribution in [0.1, 0.15) is 37.6 Å². The van der Waals surface area contributed by atoms with Gasteiger partial charge in [-0.05, 0) is 39.3 Å². The predicted octanol–water partition coefficient (Wildman–Crippen LogP) is 2.14. The Hall–Kier alpha value is -1.82. The minimum absolute atomic E-state index is 0.209. The lowest BCUT2D eigenvalue weighted by molar-refractivity contribution is 0.0945. The molecule has 0 saturated heterocycles. The molecule has 0 saturated carbocycles. The standard InChI is InChI=1S/C14H23N3O3/c1-9-6-10(16-12(20-5)11(9)7-15)8-17(13(18)19)14(2,3)4/h6H,7-8,15H2,1-5H3,(H,18,19). The molecule has 20 heavy (non-hydrogen) atoms. The zero-order valence-electron chi connectivity index (χ0n) is 12.7. The van der Waals surface area contributed by atoms with Gasteiger partial charge >= 0.3 is 6.09 Å². The number of methoxy groups -OCH3 is 1. The van der Waals surface area contributed by atoms with Gasteiger partial charge in [0.05, 0.1) is 19.3 Å². The lowest BCUT2D eigenvalue weighted by Crippen LogP contribution is -2.44. The van der Waals surface area contributed by atoms with Crippen LogP contribution in [0, 0.1) is 6.92 Å². The highest BCUT2D eigenvalue weighted by molar-refractivity contribution is 5.66. The smallest absolute Gasteiger partial charge is 0.408 e. The quantitative estimate of drug-likeness (QED) is 0.882. The van der Waals surface area contributed by atoms with Gasteiger partial charge in [0.2, 0.25) is 5.88 Å². The molecule has 6 nitrogen and oxygen atoms in total. The summed E-state index contributed by atoms with van der Waals surface area (Å²) < 4.78 is 5.23. The molecule has 0 bridgehead atoms. The van der Waals surface area contributed by atoms with Crippen LogP contribution in [-0.2, 0) is 13.1 Å². The number of nitrogens with two attached hydrogens (primary N) is 1. The minimum Gasteiger partial charge on any atom is -0.481 e. The Morgan fingerprint density at radius 2 is 2.10 bits per heavy atom. The number of hydrogen-bond acceptors (Lipinski definition) is 4. The van der Waals surface area contributed by atoms with Crippen molar-refractivity contribution in [2.24, 2.45) is 5.73 Å². The summed E-state index contributed by atoms with van der Waals surface area (Å²) in [7, 11) is 1.53. The summed E-state index contributed by atoms with van der Waals surface area (Å²) in [6.07, 6.45) is -0.973. The number of amides is 1. The maximum atomic E-state index is 11.4. The Kier molecular flexibility index (Phi) is 4.94. The van der Waals surface area contributed by atoms with Crippen molar-refractivity contribution in [3.8, 4) is 5.88 Å². The van der Waals surface area contributed by atoms with Crippen LogP contribution in [0.25, 0.3) is 0 Å². The van der Waals surface area contributed by atoms with Crippen molar-refractivity contribution >= 4 is 6.09 Å². The molecule has 0 aliphatic carbocycles. The van der Waals surface area contributed by atoms with E-state index in [1.54, 1.807) is 0 Å². The maximum Gasteiger partial charge on any atom is 0.408 e. The molecule has 0 fully saturated rings. The molecule has 1 heterocycles. The number of aromatic nitrogens is 1. The second kappa shape index (κ2) is 6.09. The van der Waals surface area contributed by atoms with Crippen LogP contribution in [0.2, 0.25) is 0 Å². The van der Waals surface area contributed by atoms with Crippen molar-refractivity contribution in [1.82, 2.24) is 9.88 Å². The lowest BCUT2D eigenvalue weighted by atomic mass is 10.1. The van der Waals surface area contributed by atoms with Crippen LogP contribution >= 0.6 is 0 Å². The Balaban J connectivity index is 3.15. The summed E-state index contributed by atoms with van der Waals surface area (Å²) in [6, 6.07) is 1.85. The Morgan fingerprint density at radius 1 is 1.50 bits per heavy atom. The van der Waals surface area contributed by atoms with Gasteiger partial charge in [-0.15, -0.1) is 0 Å². The molecule has 1 aromatic rings. The molecule has 0 aliphatic rings. The van der Waals surface area contributed by atoms with Crippen LogP contribution in [0.4, 0.5) is 4.79 Å². The first-order valence-electron chi connectivity index (χ1n) is 6.44. The molecule has 112 valence electrons. The monoisotopic (exact) mass is 281 g/mol. The fourth-order valence-electron chi connectivity index (χ4n) is 1.99. The lowest BCUT2D eigenvalue weighted by Gasteiger charge is -2.33. The molecule has 0 aliphatic heterocycles. The number of nitrogens with zero attached hydrogens (tertiary/aromatic N) is 2. The van der Waals surface area contributed by atoms with Crippen molar-refractivity contribution in [1.29, 1.82) is 0 Å². The van der Waals surface area contributed by atoms with Crippen LogP contribution in [-0.4, -0.2) is 33.7 Å². The molecule has 0 radical (unpaired) electrons. The van der Waals surface area contributed by atoms with E-state index in [-0.39, 0.29) is 6.54 Å². The van der Waals surface area contributed by atoms with Crippen molar-refractivity contribution in [2.45, 2.75) is 46.3 Å². The number of hydrogen-bond donors (Lipinski definition) is 2. The third-order valence-corrected chi connectivity index (χ3v) is 3.12. The van der Waals surface area contributed by atoms with E-state index in [0.29, 0.717) is 18.1 Å². The third-order valence-electron chi connectivity index (χ3n) is 3.12. The molecule has 0 unspecified atom stereocenters. The van der Waals surface area contributed by atoms with E-state index >= 15 is 0 Å². The fourth-order valence-corrected chi connectivity index (χ4v) is 1.99. The van der Waals surface area contributed by atoms with E-state index in [1.807, 2.05) is 33.8 Å². The highest BCUT2D eigenvalue weighted by Gasteiger charge is 2.27. The summed E-state index contributed by atoms with van der Waals surface area (Å²) in [5.41, 5.74) is 7.61. The van der Waals surface area contributed by atoms with E-state index < -0.39 is 11.6 Å². The van der Waals surface area contributed by atoms with Gasteiger partial charge in [-0.3, -0.25) is 4.90 Å². The second-order valence-electron chi connectivity index (χ2n) is 5.66. The first-order chi connectivity index (χ1) is 9.20. The summed E-state index contributed by atoms with van der Waals surface area (Å²) in [6.45, 7) is 8.00. The average Bonchev–Trinajstić information content (AvgIpc) is 2.33. The second-order valence-corrected chi connectivity index (χ2v) is 5.66. The highest BCUT2D eigenvalue weighted by Crippen LogP contribution is 2.23. The Labute approximate surface area is 119 Å². The fraction of sp³-hybridized carbons (Fsp3) is 0.571. The van der Waals surface area contributed by atoms with Crippen molar-refractivity contribution in [3.05, 3.63) is 22.9 Å². The van der Waals surface area contributed by atoms with Gasteiger partial charge < -0.3 is 15.6 Å². The Bertz CT molecular complexity index is 495. The number of carboxylic acid groups (broad SMARTS) is 1. The molecule has 0 aromatic carbocycles. The van der Waals surface area contributed by atoms with E-state index in [9.17, 15) is 9.90 Å². The van der Waals surface area contributed by atoms with Gasteiger partial charge in [0.1, 0.15) is 0 Å². The maximum absolute atomic E-state index is 11.4. The zero-order chi connectivity index (χ0) is 15.5. The molecular formula is C14H23N3O3. The van der Waals surface area contributed by atoms with E-state index in [0.717, 1.165) is 11.1 Å². The van der Waals surface area contributed by atoms with Crippen molar-refractivity contribution in [2.75, 3.05) is 7.11 Å². The van der Waals surface area contributed by atoms with Crippen LogP contribution < -0.4 is 10.5 Å². The molecule has 1 aromatic heterocycles. The van der Waals surface area contributed by atoms with Crippen molar-refractivity contribution in [3.63, 3.8) is 0 Å². The third kappa shape index (κ3) is 3.60. The summed E-state index contributed by atoms with van der Waals surface area (Å²) in [4.78, 5) is 17.1. The average molecular weight is 281 g/mol. The topological polar surface area (TPSA) is 88.7 Å². The molecule has 0 spiro atoms. The highest BCUT2D eigenvalue weighted by atomic mass is 16.5. The Morgan fingerprint density at radius 3 is 2.50 bits per heavy atom. The van der Waals surface area contributed by atoms with E-state index in [4.69, 9.17) is 10.5 Å². The van der Waals surface area contributed by atoms with Crippen LogP contribution in [0.15, 0.2) is 6.07 Å². The SMILES string of the molecule is COc1nc(CN(C(=O)O)C(C)(C)C)cc(C)c1CN.